The van der Waals surface area contributed by atoms with E-state index in [1.165, 1.54) is 0 Å². The smallest absolute Gasteiger partial charge is 0.148 e. The Morgan fingerprint density at radius 2 is 2.05 bits per heavy atom. The van der Waals surface area contributed by atoms with Crippen molar-refractivity contribution < 1.29 is 4.74 Å². The molecule has 0 bridgehead atoms. The topological polar surface area (TPSA) is 52.5 Å². The summed E-state index contributed by atoms with van der Waals surface area (Å²) in [5, 5.41) is 0. The van der Waals surface area contributed by atoms with E-state index in [2.05, 4.69) is 4.98 Å². The molecule has 4 nitrogen and oxygen atoms in total. The number of nitrogens with zero attached hydrogens (tertiary/aromatic N) is 2. The van der Waals surface area contributed by atoms with Gasteiger partial charge in [0.1, 0.15) is 11.6 Å². The van der Waals surface area contributed by atoms with Crippen LogP contribution in [0.5, 0.6) is 5.75 Å². The number of para-hydroxylation sites is 1. The Morgan fingerprint density at radius 3 is 2.84 bits per heavy atom. The Labute approximate surface area is 111 Å². The molecule has 1 aromatic carbocycles. The van der Waals surface area contributed by atoms with Gasteiger partial charge in [0.25, 0.3) is 0 Å². The summed E-state index contributed by atoms with van der Waals surface area (Å²) in [5.41, 5.74) is 8.84. The highest BCUT2D eigenvalue weighted by Gasteiger charge is 2.12. The third-order valence-electron chi connectivity index (χ3n) is 3.23. The molecule has 0 spiro atoms. The molecule has 0 saturated carbocycles. The van der Waals surface area contributed by atoms with Crippen molar-refractivity contribution in [3.05, 3.63) is 54.4 Å². The van der Waals surface area contributed by atoms with Crippen LogP contribution >= 0.6 is 0 Å². The number of fused-ring (bicyclic) bond motifs is 1. The molecule has 0 aliphatic heterocycles. The highest BCUT2D eigenvalue weighted by atomic mass is 16.5. The lowest BCUT2D eigenvalue weighted by molar-refractivity contribution is 0.416. The van der Waals surface area contributed by atoms with Gasteiger partial charge in [0, 0.05) is 12.7 Å². The summed E-state index contributed by atoms with van der Waals surface area (Å²) in [7, 11) is 1.67. The van der Waals surface area contributed by atoms with Crippen LogP contribution in [-0.4, -0.2) is 16.5 Å². The standard InChI is InChI=1S/C15H15N3O/c1-19-14-7-3-2-6-12(14)15-17-10-13-11(9-16)5-4-8-18(13)15/h2-8,10H,9,16H2,1H3. The van der Waals surface area contributed by atoms with Crippen LogP contribution in [0.2, 0.25) is 0 Å². The van der Waals surface area contributed by atoms with E-state index in [4.69, 9.17) is 10.5 Å². The van der Waals surface area contributed by atoms with Crippen LogP contribution in [0.15, 0.2) is 48.8 Å². The largest absolute Gasteiger partial charge is 0.496 e. The highest BCUT2D eigenvalue weighted by Crippen LogP contribution is 2.29. The number of hydrogen-bond acceptors (Lipinski definition) is 3. The van der Waals surface area contributed by atoms with Crippen molar-refractivity contribution in [1.82, 2.24) is 9.38 Å². The zero-order valence-corrected chi connectivity index (χ0v) is 10.7. The number of nitrogens with two attached hydrogens (primary N) is 1. The lowest BCUT2D eigenvalue weighted by Crippen LogP contribution is -1.99. The minimum Gasteiger partial charge on any atom is -0.496 e. The van der Waals surface area contributed by atoms with E-state index in [-0.39, 0.29) is 0 Å². The normalized spacial score (nSPS) is 10.8. The van der Waals surface area contributed by atoms with Gasteiger partial charge in [-0.25, -0.2) is 4.98 Å². The third kappa shape index (κ3) is 1.86. The minimum atomic E-state index is 0.501. The zero-order chi connectivity index (χ0) is 13.2. The van der Waals surface area contributed by atoms with Gasteiger partial charge in [-0.1, -0.05) is 18.2 Å². The first-order valence-electron chi connectivity index (χ1n) is 6.13. The molecule has 2 heterocycles. The van der Waals surface area contributed by atoms with Gasteiger partial charge in [0.15, 0.2) is 0 Å². The SMILES string of the molecule is COc1ccccc1-c1ncc2c(CN)cccn12. The average Bonchev–Trinajstić information content (AvgIpc) is 2.90. The van der Waals surface area contributed by atoms with Crippen LogP contribution in [-0.2, 0) is 6.54 Å². The lowest BCUT2D eigenvalue weighted by atomic mass is 10.2. The maximum atomic E-state index is 5.75. The first kappa shape index (κ1) is 11.7. The van der Waals surface area contributed by atoms with Crippen molar-refractivity contribution in [2.24, 2.45) is 5.73 Å². The van der Waals surface area contributed by atoms with Crippen LogP contribution in [0.25, 0.3) is 16.9 Å². The predicted molar refractivity (Wildman–Crippen MR) is 75.1 cm³/mol. The fourth-order valence-corrected chi connectivity index (χ4v) is 2.28. The van der Waals surface area contributed by atoms with Crippen LogP contribution in [0.1, 0.15) is 5.56 Å². The predicted octanol–water partition coefficient (Wildman–Crippen LogP) is 2.47. The minimum absolute atomic E-state index is 0.501. The molecule has 4 heteroatoms. The molecule has 0 amide bonds. The Bertz CT molecular complexity index is 718. The van der Waals surface area contributed by atoms with E-state index in [1.54, 1.807) is 7.11 Å². The second kappa shape index (κ2) is 4.74. The van der Waals surface area contributed by atoms with E-state index in [0.717, 1.165) is 28.2 Å². The van der Waals surface area contributed by atoms with Gasteiger partial charge in [0.2, 0.25) is 0 Å². The third-order valence-corrected chi connectivity index (χ3v) is 3.23. The van der Waals surface area contributed by atoms with Crippen molar-refractivity contribution in [1.29, 1.82) is 0 Å². The zero-order valence-electron chi connectivity index (χ0n) is 10.7. The van der Waals surface area contributed by atoms with Crippen molar-refractivity contribution in [2.75, 3.05) is 7.11 Å². The molecule has 2 aromatic heterocycles. The Kier molecular flexibility index (Phi) is 2.93. The molecule has 0 aliphatic carbocycles. The summed E-state index contributed by atoms with van der Waals surface area (Å²) in [6, 6.07) is 11.9. The number of methoxy groups -OCH3 is 1. The fraction of sp³-hybridized carbons (Fsp3) is 0.133. The van der Waals surface area contributed by atoms with E-state index in [0.29, 0.717) is 6.54 Å². The number of benzene rings is 1. The van der Waals surface area contributed by atoms with Gasteiger partial charge in [-0.05, 0) is 23.8 Å². The monoisotopic (exact) mass is 253 g/mol. The van der Waals surface area contributed by atoms with Crippen molar-refractivity contribution in [2.45, 2.75) is 6.54 Å². The van der Waals surface area contributed by atoms with Gasteiger partial charge in [-0.2, -0.15) is 0 Å². The molecular formula is C15H15N3O. The van der Waals surface area contributed by atoms with Gasteiger partial charge < -0.3 is 10.5 Å². The molecule has 0 atom stereocenters. The molecule has 0 unspecified atom stereocenters. The second-order valence-corrected chi connectivity index (χ2v) is 4.27. The summed E-state index contributed by atoms with van der Waals surface area (Å²) in [6.07, 6.45) is 3.84. The molecule has 0 radical (unpaired) electrons. The van der Waals surface area contributed by atoms with E-state index in [1.807, 2.05) is 53.2 Å². The molecular weight excluding hydrogens is 238 g/mol. The average molecular weight is 253 g/mol. The van der Waals surface area contributed by atoms with Crippen LogP contribution in [0.4, 0.5) is 0 Å². The summed E-state index contributed by atoms with van der Waals surface area (Å²) in [5.74, 6) is 1.68. The number of aromatic nitrogens is 2. The summed E-state index contributed by atoms with van der Waals surface area (Å²) >= 11 is 0. The van der Waals surface area contributed by atoms with Gasteiger partial charge in [0.05, 0.1) is 24.4 Å². The second-order valence-electron chi connectivity index (χ2n) is 4.27. The summed E-state index contributed by atoms with van der Waals surface area (Å²) < 4.78 is 7.44. The number of ether oxygens (including phenoxy) is 1. The first-order valence-corrected chi connectivity index (χ1v) is 6.13. The molecule has 0 saturated heterocycles. The summed E-state index contributed by atoms with van der Waals surface area (Å²) in [4.78, 5) is 4.51. The Balaban J connectivity index is 2.26. The van der Waals surface area contributed by atoms with Gasteiger partial charge in [-0.3, -0.25) is 4.40 Å². The first-order chi connectivity index (χ1) is 9.35. The Morgan fingerprint density at radius 1 is 1.21 bits per heavy atom. The van der Waals surface area contributed by atoms with Crippen LogP contribution < -0.4 is 10.5 Å². The number of hydrogen-bond donors (Lipinski definition) is 1. The van der Waals surface area contributed by atoms with E-state index >= 15 is 0 Å². The maximum Gasteiger partial charge on any atom is 0.148 e. The fourth-order valence-electron chi connectivity index (χ4n) is 2.28. The number of rotatable bonds is 3. The van der Waals surface area contributed by atoms with Gasteiger partial charge >= 0.3 is 0 Å². The molecule has 96 valence electrons. The molecule has 3 aromatic rings. The van der Waals surface area contributed by atoms with E-state index in [9.17, 15) is 0 Å². The van der Waals surface area contributed by atoms with Crippen molar-refractivity contribution >= 4 is 5.52 Å². The summed E-state index contributed by atoms with van der Waals surface area (Å²) in [6.45, 7) is 0.501. The van der Waals surface area contributed by atoms with Crippen LogP contribution in [0.3, 0.4) is 0 Å². The molecule has 0 fully saturated rings. The number of pyridine rings is 1. The van der Waals surface area contributed by atoms with Gasteiger partial charge in [-0.15, -0.1) is 0 Å². The molecule has 2 N–H and O–H groups in total. The molecule has 3 rings (SSSR count). The molecule has 19 heavy (non-hydrogen) atoms. The number of imidazole rings is 1. The quantitative estimate of drug-likeness (QED) is 0.780. The Hall–Kier alpha value is -2.33. The maximum absolute atomic E-state index is 5.75. The molecule has 0 aliphatic rings. The van der Waals surface area contributed by atoms with Crippen molar-refractivity contribution in [3.63, 3.8) is 0 Å². The highest BCUT2D eigenvalue weighted by molar-refractivity contribution is 5.69. The van der Waals surface area contributed by atoms with Crippen LogP contribution in [0, 0.1) is 0 Å². The lowest BCUT2D eigenvalue weighted by Gasteiger charge is -2.08. The van der Waals surface area contributed by atoms with Crippen molar-refractivity contribution in [3.8, 4) is 17.1 Å². The van der Waals surface area contributed by atoms with E-state index < -0.39 is 0 Å².